The Labute approximate surface area is 153 Å². The van der Waals surface area contributed by atoms with Crippen LogP contribution in [0.25, 0.3) is 10.9 Å². The molecule has 0 bridgehead atoms. The molecule has 134 valence electrons. The number of hydrogen-bond donors (Lipinski definition) is 0. The zero-order valence-corrected chi connectivity index (χ0v) is 15.0. The molecule has 0 aliphatic carbocycles. The molecule has 1 aromatic carbocycles. The summed E-state index contributed by atoms with van der Waals surface area (Å²) in [5, 5.41) is 1.06. The molecule has 0 radical (unpaired) electrons. The molecule has 6 heteroatoms. The maximum Gasteiger partial charge on any atom is 0.272 e. The van der Waals surface area contributed by atoms with Crippen molar-refractivity contribution in [3.05, 3.63) is 60.3 Å². The third kappa shape index (κ3) is 3.46. The van der Waals surface area contributed by atoms with Crippen molar-refractivity contribution >= 4 is 16.8 Å². The molecule has 3 aromatic rings. The Hall–Kier alpha value is -2.73. The van der Waals surface area contributed by atoms with Crippen LogP contribution in [0, 0.1) is 6.92 Å². The maximum atomic E-state index is 12.8. The van der Waals surface area contributed by atoms with Gasteiger partial charge in [0.15, 0.2) is 0 Å². The number of aromatic nitrogens is 3. The minimum atomic E-state index is 0.0286. The van der Waals surface area contributed by atoms with Crippen LogP contribution in [0.1, 0.15) is 16.3 Å². The van der Waals surface area contributed by atoms with E-state index in [4.69, 9.17) is 0 Å². The fraction of sp³-hybridized carbons (Fsp3) is 0.350. The van der Waals surface area contributed by atoms with Gasteiger partial charge in [0, 0.05) is 57.0 Å². The minimum absolute atomic E-state index is 0.0286. The number of aryl methyl sites for hydroxylation is 1. The van der Waals surface area contributed by atoms with Crippen molar-refractivity contribution in [2.24, 2.45) is 0 Å². The first-order valence-corrected chi connectivity index (χ1v) is 9.06. The van der Waals surface area contributed by atoms with Crippen molar-refractivity contribution in [1.29, 1.82) is 0 Å². The highest BCUT2D eigenvalue weighted by atomic mass is 16.2. The van der Waals surface area contributed by atoms with Gasteiger partial charge < -0.3 is 9.47 Å². The van der Waals surface area contributed by atoms with E-state index in [2.05, 4.69) is 19.4 Å². The van der Waals surface area contributed by atoms with Crippen molar-refractivity contribution in [3.63, 3.8) is 0 Å². The summed E-state index contributed by atoms with van der Waals surface area (Å²) in [6.07, 6.45) is 3.85. The van der Waals surface area contributed by atoms with E-state index in [0.717, 1.165) is 56.0 Å². The summed E-state index contributed by atoms with van der Waals surface area (Å²) >= 11 is 0. The summed E-state index contributed by atoms with van der Waals surface area (Å²) in [6.45, 7) is 7.22. The first kappa shape index (κ1) is 16.7. The van der Waals surface area contributed by atoms with Crippen LogP contribution in [-0.2, 0) is 6.54 Å². The fourth-order valence-corrected chi connectivity index (χ4v) is 3.41. The van der Waals surface area contributed by atoms with Gasteiger partial charge in [-0.25, -0.2) is 9.97 Å². The Kier molecular flexibility index (Phi) is 4.67. The Balaban J connectivity index is 1.34. The molecule has 4 rings (SSSR count). The van der Waals surface area contributed by atoms with Crippen molar-refractivity contribution in [1.82, 2.24) is 24.3 Å². The lowest BCUT2D eigenvalue weighted by Crippen LogP contribution is -2.49. The van der Waals surface area contributed by atoms with Gasteiger partial charge in [0.2, 0.25) is 0 Å². The zero-order valence-electron chi connectivity index (χ0n) is 15.0. The first-order chi connectivity index (χ1) is 12.7. The Morgan fingerprint density at radius 1 is 1.04 bits per heavy atom. The number of nitrogens with zero attached hydrogens (tertiary/aromatic N) is 5. The highest BCUT2D eigenvalue weighted by Crippen LogP contribution is 2.14. The molecule has 1 amide bonds. The van der Waals surface area contributed by atoms with Gasteiger partial charge in [-0.05, 0) is 19.1 Å². The Morgan fingerprint density at radius 3 is 2.62 bits per heavy atom. The SMILES string of the molecule is Cc1nccn1CCN1CCN(C(=O)c2ccc3ccccc3n2)CC1. The molecule has 2 aromatic heterocycles. The number of imidazole rings is 1. The van der Waals surface area contributed by atoms with Crippen LogP contribution in [0.3, 0.4) is 0 Å². The van der Waals surface area contributed by atoms with Gasteiger partial charge in [0.1, 0.15) is 11.5 Å². The Morgan fingerprint density at radius 2 is 1.85 bits per heavy atom. The second-order valence-corrected chi connectivity index (χ2v) is 6.69. The van der Waals surface area contributed by atoms with E-state index in [1.807, 2.05) is 60.6 Å². The zero-order chi connectivity index (χ0) is 17.9. The molecule has 0 atom stereocenters. The van der Waals surface area contributed by atoms with Crippen molar-refractivity contribution in [2.75, 3.05) is 32.7 Å². The predicted molar refractivity (Wildman–Crippen MR) is 101 cm³/mol. The highest BCUT2D eigenvalue weighted by molar-refractivity contribution is 5.95. The topological polar surface area (TPSA) is 54.3 Å². The van der Waals surface area contributed by atoms with Gasteiger partial charge >= 0.3 is 0 Å². The molecule has 1 saturated heterocycles. The maximum absolute atomic E-state index is 12.8. The summed E-state index contributed by atoms with van der Waals surface area (Å²) in [5.41, 5.74) is 1.40. The summed E-state index contributed by atoms with van der Waals surface area (Å²) in [4.78, 5) is 25.9. The highest BCUT2D eigenvalue weighted by Gasteiger charge is 2.23. The van der Waals surface area contributed by atoms with Gasteiger partial charge in [0.25, 0.3) is 5.91 Å². The smallest absolute Gasteiger partial charge is 0.272 e. The fourth-order valence-electron chi connectivity index (χ4n) is 3.41. The average Bonchev–Trinajstić information content (AvgIpc) is 3.10. The minimum Gasteiger partial charge on any atom is -0.335 e. The molecular formula is C20H23N5O. The largest absolute Gasteiger partial charge is 0.335 e. The van der Waals surface area contributed by atoms with E-state index >= 15 is 0 Å². The lowest BCUT2D eigenvalue weighted by Gasteiger charge is -2.34. The second kappa shape index (κ2) is 7.25. The van der Waals surface area contributed by atoms with Gasteiger partial charge in [-0.3, -0.25) is 9.69 Å². The van der Waals surface area contributed by atoms with Crippen LogP contribution in [0.2, 0.25) is 0 Å². The lowest BCUT2D eigenvalue weighted by molar-refractivity contribution is 0.0627. The van der Waals surface area contributed by atoms with Crippen LogP contribution < -0.4 is 0 Å². The number of piperazine rings is 1. The number of carbonyl (C=O) groups excluding carboxylic acids is 1. The average molecular weight is 349 g/mol. The normalized spacial score (nSPS) is 15.5. The molecule has 1 aliphatic heterocycles. The van der Waals surface area contributed by atoms with Gasteiger partial charge in [-0.1, -0.05) is 24.3 Å². The summed E-state index contributed by atoms with van der Waals surface area (Å²) < 4.78 is 2.16. The molecule has 26 heavy (non-hydrogen) atoms. The van der Waals surface area contributed by atoms with E-state index in [9.17, 15) is 4.79 Å². The molecule has 0 spiro atoms. The van der Waals surface area contributed by atoms with Crippen molar-refractivity contribution in [2.45, 2.75) is 13.5 Å². The van der Waals surface area contributed by atoms with Crippen molar-refractivity contribution in [3.8, 4) is 0 Å². The van der Waals surface area contributed by atoms with Crippen LogP contribution >= 0.6 is 0 Å². The third-order valence-corrected chi connectivity index (χ3v) is 5.06. The van der Waals surface area contributed by atoms with E-state index in [1.165, 1.54) is 0 Å². The van der Waals surface area contributed by atoms with Gasteiger partial charge in [-0.15, -0.1) is 0 Å². The van der Waals surface area contributed by atoms with Crippen molar-refractivity contribution < 1.29 is 4.79 Å². The van der Waals surface area contributed by atoms with E-state index in [0.29, 0.717) is 5.69 Å². The third-order valence-electron chi connectivity index (χ3n) is 5.06. The number of fused-ring (bicyclic) bond motifs is 1. The number of pyridine rings is 1. The molecule has 0 N–H and O–H groups in total. The van der Waals surface area contributed by atoms with Crippen LogP contribution in [0.5, 0.6) is 0 Å². The molecular weight excluding hydrogens is 326 g/mol. The molecule has 1 aliphatic rings. The molecule has 0 unspecified atom stereocenters. The van der Waals surface area contributed by atoms with Gasteiger partial charge in [-0.2, -0.15) is 0 Å². The number of benzene rings is 1. The summed E-state index contributed by atoms with van der Waals surface area (Å²) in [6, 6.07) is 11.7. The lowest BCUT2D eigenvalue weighted by atomic mass is 10.2. The Bertz CT molecular complexity index is 911. The quantitative estimate of drug-likeness (QED) is 0.725. The number of hydrogen-bond acceptors (Lipinski definition) is 4. The number of carbonyl (C=O) groups is 1. The first-order valence-electron chi connectivity index (χ1n) is 9.06. The molecule has 0 saturated carbocycles. The summed E-state index contributed by atoms with van der Waals surface area (Å²) in [7, 11) is 0. The molecule has 1 fully saturated rings. The van der Waals surface area contributed by atoms with E-state index < -0.39 is 0 Å². The molecule has 3 heterocycles. The van der Waals surface area contributed by atoms with Crippen LogP contribution in [0.4, 0.5) is 0 Å². The molecule has 6 nitrogen and oxygen atoms in total. The standard InChI is InChI=1S/C20H23N5O/c1-16-21-8-9-24(16)13-10-23-11-14-25(15-12-23)20(26)19-7-6-17-4-2-3-5-18(17)22-19/h2-9H,10-15H2,1H3. The van der Waals surface area contributed by atoms with Crippen LogP contribution in [0.15, 0.2) is 48.8 Å². The number of para-hydroxylation sites is 1. The number of rotatable bonds is 4. The van der Waals surface area contributed by atoms with E-state index in [-0.39, 0.29) is 5.91 Å². The van der Waals surface area contributed by atoms with E-state index in [1.54, 1.807) is 0 Å². The monoisotopic (exact) mass is 349 g/mol. The number of amides is 1. The van der Waals surface area contributed by atoms with Crippen LogP contribution in [-0.4, -0.2) is 63.0 Å². The predicted octanol–water partition coefficient (Wildman–Crippen LogP) is 2.20. The van der Waals surface area contributed by atoms with Gasteiger partial charge in [0.05, 0.1) is 5.52 Å². The summed E-state index contributed by atoms with van der Waals surface area (Å²) in [5.74, 6) is 1.07. The second-order valence-electron chi connectivity index (χ2n) is 6.69.